The van der Waals surface area contributed by atoms with Crippen LogP contribution in [0.25, 0.3) is 10.9 Å². The van der Waals surface area contributed by atoms with Crippen molar-refractivity contribution < 1.29 is 13.9 Å². The van der Waals surface area contributed by atoms with Crippen LogP contribution in [0, 0.1) is 11.6 Å². The van der Waals surface area contributed by atoms with E-state index in [1.807, 2.05) is 0 Å². The number of aromatic nitrogens is 6. The molecule has 4 aromatic rings. The first-order valence-electron chi connectivity index (χ1n) is 8.84. The van der Waals surface area contributed by atoms with Gasteiger partial charge in [0.1, 0.15) is 35.4 Å². The summed E-state index contributed by atoms with van der Waals surface area (Å²) in [6.07, 6.45) is 2.57. The van der Waals surface area contributed by atoms with Gasteiger partial charge in [-0.15, -0.1) is 5.10 Å². The Hall–Kier alpha value is -3.24. The number of nitrogens with zero attached hydrogens (tertiary/aromatic N) is 6. The molecule has 2 heterocycles. The van der Waals surface area contributed by atoms with Crippen LogP contribution < -0.4 is 5.56 Å². The minimum Gasteiger partial charge on any atom is -0.381 e. The predicted molar refractivity (Wildman–Crippen MR) is 104 cm³/mol. The highest BCUT2D eigenvalue weighted by molar-refractivity contribution is 6.31. The van der Waals surface area contributed by atoms with Gasteiger partial charge in [-0.05, 0) is 31.2 Å². The molecular weight excluding hydrogens is 418 g/mol. The number of benzene rings is 2. The number of hydrogen-bond acceptors (Lipinski definition) is 6. The van der Waals surface area contributed by atoms with Crippen LogP contribution in [0.15, 0.2) is 53.8 Å². The van der Waals surface area contributed by atoms with Gasteiger partial charge in [-0.2, -0.15) is 5.10 Å². The SMILES string of the molecule is CC(n1nnc2ccc(Cl)cc2c1=O)C(O)(Cn1cncn1)c1ccc(F)cc1F. The maximum absolute atomic E-state index is 14.7. The highest BCUT2D eigenvalue weighted by Gasteiger charge is 2.41. The van der Waals surface area contributed by atoms with Crippen molar-refractivity contribution in [3.63, 3.8) is 0 Å². The predicted octanol–water partition coefficient (Wildman–Crippen LogP) is 2.46. The van der Waals surface area contributed by atoms with Crippen molar-refractivity contribution in [2.45, 2.75) is 25.1 Å². The molecule has 2 aromatic heterocycles. The summed E-state index contributed by atoms with van der Waals surface area (Å²) in [6, 6.07) is 6.23. The number of hydrogen-bond donors (Lipinski definition) is 1. The van der Waals surface area contributed by atoms with Crippen LogP contribution in [0.1, 0.15) is 18.5 Å². The molecule has 2 atom stereocenters. The summed E-state index contributed by atoms with van der Waals surface area (Å²) in [4.78, 5) is 16.9. The van der Waals surface area contributed by atoms with Gasteiger partial charge in [0.2, 0.25) is 0 Å². The van der Waals surface area contributed by atoms with Crippen LogP contribution >= 0.6 is 11.6 Å². The molecule has 0 aliphatic carbocycles. The summed E-state index contributed by atoms with van der Waals surface area (Å²) in [5.74, 6) is -1.78. The summed E-state index contributed by atoms with van der Waals surface area (Å²) in [6.45, 7) is 1.20. The molecule has 2 unspecified atom stereocenters. The first kappa shape index (κ1) is 20.0. The minimum absolute atomic E-state index is 0.187. The van der Waals surface area contributed by atoms with Crippen LogP contribution in [0.3, 0.4) is 0 Å². The Morgan fingerprint density at radius 2 is 2.03 bits per heavy atom. The third-order valence-corrected chi connectivity index (χ3v) is 5.21. The van der Waals surface area contributed by atoms with Crippen molar-refractivity contribution >= 4 is 22.5 Å². The first-order chi connectivity index (χ1) is 14.3. The van der Waals surface area contributed by atoms with E-state index in [0.717, 1.165) is 16.8 Å². The van der Waals surface area contributed by atoms with Gasteiger partial charge < -0.3 is 5.11 Å². The molecule has 8 nitrogen and oxygen atoms in total. The number of fused-ring (bicyclic) bond motifs is 1. The Morgan fingerprint density at radius 1 is 1.23 bits per heavy atom. The maximum atomic E-state index is 14.7. The van der Waals surface area contributed by atoms with E-state index < -0.39 is 28.8 Å². The lowest BCUT2D eigenvalue weighted by molar-refractivity contribution is -0.0390. The van der Waals surface area contributed by atoms with Crippen molar-refractivity contribution in [3.05, 3.63) is 81.6 Å². The smallest absolute Gasteiger partial charge is 0.278 e. The Morgan fingerprint density at radius 3 is 2.73 bits per heavy atom. The van der Waals surface area contributed by atoms with Crippen molar-refractivity contribution in [1.82, 2.24) is 29.8 Å². The zero-order valence-corrected chi connectivity index (χ0v) is 16.3. The highest BCUT2D eigenvalue weighted by Crippen LogP contribution is 2.35. The fourth-order valence-corrected chi connectivity index (χ4v) is 3.50. The van der Waals surface area contributed by atoms with E-state index in [0.29, 0.717) is 16.6 Å². The van der Waals surface area contributed by atoms with Crippen molar-refractivity contribution in [1.29, 1.82) is 0 Å². The Bertz CT molecular complexity index is 1280. The van der Waals surface area contributed by atoms with Gasteiger partial charge in [0.25, 0.3) is 5.56 Å². The van der Waals surface area contributed by atoms with Gasteiger partial charge in [-0.3, -0.25) is 4.79 Å². The molecular formula is C19H15ClF2N6O2. The van der Waals surface area contributed by atoms with Gasteiger partial charge in [0, 0.05) is 16.7 Å². The minimum atomic E-state index is -2.05. The van der Waals surface area contributed by atoms with Crippen molar-refractivity contribution in [2.24, 2.45) is 0 Å². The number of halogens is 3. The molecule has 4 rings (SSSR count). The standard InChI is InChI=1S/C19H15ClF2N6O2/c1-11(28-18(29)14-6-12(20)2-5-17(14)25-26-28)19(30,8-27-10-23-9-24-27)15-4-3-13(21)7-16(15)22/h2-7,9-11,30H,8H2,1H3. The third-order valence-electron chi connectivity index (χ3n) is 4.97. The second kappa shape index (κ2) is 7.54. The van der Waals surface area contributed by atoms with Crippen molar-refractivity contribution in [2.75, 3.05) is 0 Å². The lowest BCUT2D eigenvalue weighted by Crippen LogP contribution is -2.44. The summed E-state index contributed by atoms with van der Waals surface area (Å²) in [7, 11) is 0. The van der Waals surface area contributed by atoms with Crippen LogP contribution in [0.2, 0.25) is 5.02 Å². The Balaban J connectivity index is 1.90. The molecule has 0 saturated heterocycles. The van der Waals surface area contributed by atoms with Crippen LogP contribution in [-0.2, 0) is 12.1 Å². The Kier molecular flexibility index (Phi) is 5.04. The molecule has 0 fully saturated rings. The molecule has 0 spiro atoms. The maximum Gasteiger partial charge on any atom is 0.278 e. The first-order valence-corrected chi connectivity index (χ1v) is 9.22. The summed E-state index contributed by atoms with van der Waals surface area (Å²) >= 11 is 5.99. The summed E-state index contributed by atoms with van der Waals surface area (Å²) in [5.41, 5.74) is -2.53. The lowest BCUT2D eigenvalue weighted by atomic mass is 9.86. The fraction of sp³-hybridized carbons (Fsp3) is 0.211. The van der Waals surface area contributed by atoms with Crippen LogP contribution in [0.4, 0.5) is 8.78 Å². The van der Waals surface area contributed by atoms with E-state index in [4.69, 9.17) is 11.6 Å². The molecule has 2 aromatic carbocycles. The number of rotatable bonds is 5. The normalized spacial score (nSPS) is 14.6. The number of aliphatic hydroxyl groups is 1. The zero-order valence-electron chi connectivity index (χ0n) is 15.6. The van der Waals surface area contributed by atoms with Gasteiger partial charge in [-0.1, -0.05) is 22.9 Å². The summed E-state index contributed by atoms with van der Waals surface area (Å²) < 4.78 is 30.4. The third kappa shape index (κ3) is 3.44. The van der Waals surface area contributed by atoms with Crippen molar-refractivity contribution in [3.8, 4) is 0 Å². The molecule has 1 N–H and O–H groups in total. The average Bonchev–Trinajstić information content (AvgIpc) is 3.21. The van der Waals surface area contributed by atoms with Gasteiger partial charge in [0.15, 0.2) is 0 Å². The molecule has 0 aliphatic heterocycles. The summed E-state index contributed by atoms with van der Waals surface area (Å²) in [5, 5.41) is 24.0. The average molecular weight is 433 g/mol. The molecule has 11 heteroatoms. The van der Waals surface area contributed by atoms with E-state index >= 15 is 0 Å². The highest BCUT2D eigenvalue weighted by atomic mass is 35.5. The molecule has 0 radical (unpaired) electrons. The lowest BCUT2D eigenvalue weighted by Gasteiger charge is -2.34. The van der Waals surface area contributed by atoms with Gasteiger partial charge in [0.05, 0.1) is 18.0 Å². The second-order valence-electron chi connectivity index (χ2n) is 6.82. The molecule has 30 heavy (non-hydrogen) atoms. The van der Waals surface area contributed by atoms with Gasteiger partial charge in [-0.25, -0.2) is 23.1 Å². The molecule has 0 bridgehead atoms. The van der Waals surface area contributed by atoms with Gasteiger partial charge >= 0.3 is 0 Å². The second-order valence-corrected chi connectivity index (χ2v) is 7.25. The van der Waals surface area contributed by atoms with E-state index in [1.54, 1.807) is 12.1 Å². The van der Waals surface area contributed by atoms with Crippen LogP contribution in [-0.4, -0.2) is 34.9 Å². The largest absolute Gasteiger partial charge is 0.381 e. The monoisotopic (exact) mass is 432 g/mol. The van der Waals surface area contributed by atoms with E-state index in [-0.39, 0.29) is 17.5 Å². The molecule has 0 amide bonds. The topological polar surface area (TPSA) is 98.7 Å². The molecule has 154 valence electrons. The van der Waals surface area contributed by atoms with Crippen LogP contribution in [0.5, 0.6) is 0 Å². The molecule has 0 saturated carbocycles. The zero-order chi connectivity index (χ0) is 21.5. The quantitative estimate of drug-likeness (QED) is 0.520. The van der Waals surface area contributed by atoms with E-state index in [1.165, 1.54) is 30.3 Å². The fourth-order valence-electron chi connectivity index (χ4n) is 3.33. The van der Waals surface area contributed by atoms with E-state index in [9.17, 15) is 18.7 Å². The Labute approximate surface area is 173 Å². The molecule has 0 aliphatic rings. The van der Waals surface area contributed by atoms with E-state index in [2.05, 4.69) is 20.4 Å².